The molecule has 0 aliphatic carbocycles. The Labute approximate surface area is 105 Å². The summed E-state index contributed by atoms with van der Waals surface area (Å²) in [5.74, 6) is 1.43. The van der Waals surface area contributed by atoms with Gasteiger partial charge in [0, 0.05) is 5.54 Å². The first-order valence-electron chi connectivity index (χ1n) is 5.07. The van der Waals surface area contributed by atoms with Crippen molar-refractivity contribution in [3.63, 3.8) is 0 Å². The fourth-order valence-electron chi connectivity index (χ4n) is 1.56. The molecule has 16 heavy (non-hydrogen) atoms. The molecule has 4 heteroatoms. The molecule has 0 bridgehead atoms. The van der Waals surface area contributed by atoms with Crippen LogP contribution in [0.2, 0.25) is 0 Å². The van der Waals surface area contributed by atoms with E-state index in [1.54, 1.807) is 14.2 Å². The van der Waals surface area contributed by atoms with Gasteiger partial charge in [-0.05, 0) is 47.8 Å². The third-order valence-electron chi connectivity index (χ3n) is 2.21. The van der Waals surface area contributed by atoms with Crippen LogP contribution < -0.4 is 15.2 Å². The van der Waals surface area contributed by atoms with Gasteiger partial charge < -0.3 is 15.2 Å². The third kappa shape index (κ3) is 3.12. The van der Waals surface area contributed by atoms with Gasteiger partial charge >= 0.3 is 0 Å². The van der Waals surface area contributed by atoms with Crippen LogP contribution in [-0.2, 0) is 6.42 Å². The molecular formula is C12H18BrNO2. The molecule has 3 nitrogen and oxygen atoms in total. The lowest BCUT2D eigenvalue weighted by Gasteiger charge is -2.20. The molecule has 0 atom stereocenters. The Bertz CT molecular complexity index is 372. The van der Waals surface area contributed by atoms with Crippen LogP contribution >= 0.6 is 15.9 Å². The summed E-state index contributed by atoms with van der Waals surface area (Å²) in [6.45, 7) is 3.99. The summed E-state index contributed by atoms with van der Waals surface area (Å²) in [5.41, 5.74) is 6.87. The maximum absolute atomic E-state index is 6.01. The van der Waals surface area contributed by atoms with Crippen molar-refractivity contribution in [3.05, 3.63) is 22.2 Å². The van der Waals surface area contributed by atoms with Gasteiger partial charge in [0.1, 0.15) is 0 Å². The zero-order valence-corrected chi connectivity index (χ0v) is 11.7. The number of halogens is 1. The van der Waals surface area contributed by atoms with Crippen molar-refractivity contribution < 1.29 is 9.47 Å². The maximum Gasteiger partial charge on any atom is 0.175 e. The number of ether oxygens (including phenoxy) is 2. The first-order valence-corrected chi connectivity index (χ1v) is 5.86. The number of benzene rings is 1. The Morgan fingerprint density at radius 1 is 1.25 bits per heavy atom. The number of nitrogens with two attached hydrogens (primary N) is 1. The lowest BCUT2D eigenvalue weighted by atomic mass is 9.96. The zero-order valence-electron chi connectivity index (χ0n) is 10.1. The topological polar surface area (TPSA) is 44.5 Å². The Balaban J connectivity index is 3.14. The summed E-state index contributed by atoms with van der Waals surface area (Å²) in [4.78, 5) is 0. The SMILES string of the molecule is COc1ccc(CC(C)(C)N)c(Br)c1OC. The van der Waals surface area contributed by atoms with Gasteiger partial charge in [0.25, 0.3) is 0 Å². The van der Waals surface area contributed by atoms with E-state index >= 15 is 0 Å². The van der Waals surface area contributed by atoms with Crippen LogP contribution in [0.25, 0.3) is 0 Å². The van der Waals surface area contributed by atoms with E-state index < -0.39 is 0 Å². The summed E-state index contributed by atoms with van der Waals surface area (Å²) in [6, 6.07) is 3.89. The van der Waals surface area contributed by atoms with Crippen LogP contribution in [-0.4, -0.2) is 19.8 Å². The Morgan fingerprint density at radius 3 is 2.31 bits per heavy atom. The second kappa shape index (κ2) is 5.06. The highest BCUT2D eigenvalue weighted by Gasteiger charge is 2.18. The molecule has 0 radical (unpaired) electrons. The molecule has 1 aromatic rings. The minimum absolute atomic E-state index is 0.248. The molecule has 0 aromatic heterocycles. The van der Waals surface area contributed by atoms with E-state index in [0.29, 0.717) is 11.5 Å². The molecule has 1 aromatic carbocycles. The van der Waals surface area contributed by atoms with Crippen molar-refractivity contribution in [1.82, 2.24) is 0 Å². The first-order chi connectivity index (χ1) is 7.39. The fourth-order valence-corrected chi connectivity index (χ4v) is 2.19. The van der Waals surface area contributed by atoms with E-state index in [9.17, 15) is 0 Å². The fraction of sp³-hybridized carbons (Fsp3) is 0.500. The second-order valence-electron chi connectivity index (χ2n) is 4.44. The Kier molecular flexibility index (Phi) is 4.21. The van der Waals surface area contributed by atoms with Crippen molar-refractivity contribution in [3.8, 4) is 11.5 Å². The van der Waals surface area contributed by atoms with Gasteiger partial charge in [-0.15, -0.1) is 0 Å². The molecule has 2 N–H and O–H groups in total. The van der Waals surface area contributed by atoms with Gasteiger partial charge in [-0.2, -0.15) is 0 Å². The number of methoxy groups -OCH3 is 2. The predicted octanol–water partition coefficient (Wildman–Crippen LogP) is 2.75. The highest BCUT2D eigenvalue weighted by atomic mass is 79.9. The van der Waals surface area contributed by atoms with Crippen LogP contribution in [0.15, 0.2) is 16.6 Å². The van der Waals surface area contributed by atoms with E-state index in [4.69, 9.17) is 15.2 Å². The normalized spacial score (nSPS) is 11.4. The molecule has 0 heterocycles. The first kappa shape index (κ1) is 13.3. The molecule has 0 spiro atoms. The summed E-state index contributed by atoms with van der Waals surface area (Å²) < 4.78 is 11.4. The molecular weight excluding hydrogens is 270 g/mol. The van der Waals surface area contributed by atoms with Gasteiger partial charge in [-0.25, -0.2) is 0 Å². The summed E-state index contributed by atoms with van der Waals surface area (Å²) in [5, 5.41) is 0. The monoisotopic (exact) mass is 287 g/mol. The Hall–Kier alpha value is -0.740. The molecule has 0 aliphatic rings. The molecule has 0 amide bonds. The third-order valence-corrected chi connectivity index (χ3v) is 3.08. The molecule has 0 saturated carbocycles. The smallest absolute Gasteiger partial charge is 0.175 e. The summed E-state index contributed by atoms with van der Waals surface area (Å²) >= 11 is 3.53. The van der Waals surface area contributed by atoms with E-state index in [1.807, 2.05) is 26.0 Å². The quantitative estimate of drug-likeness (QED) is 0.926. The van der Waals surface area contributed by atoms with E-state index in [2.05, 4.69) is 15.9 Å². The van der Waals surface area contributed by atoms with Crippen molar-refractivity contribution in [2.75, 3.05) is 14.2 Å². The minimum atomic E-state index is -0.248. The number of rotatable bonds is 4. The van der Waals surface area contributed by atoms with Gasteiger partial charge in [0.2, 0.25) is 0 Å². The molecule has 0 fully saturated rings. The van der Waals surface area contributed by atoms with Gasteiger partial charge in [-0.3, -0.25) is 0 Å². The van der Waals surface area contributed by atoms with E-state index in [-0.39, 0.29) is 5.54 Å². The number of hydrogen-bond donors (Lipinski definition) is 1. The molecule has 0 saturated heterocycles. The van der Waals surface area contributed by atoms with Gasteiger partial charge in [0.05, 0.1) is 18.7 Å². The van der Waals surface area contributed by atoms with Gasteiger partial charge in [0.15, 0.2) is 11.5 Å². The average Bonchev–Trinajstić information content (AvgIpc) is 2.19. The summed E-state index contributed by atoms with van der Waals surface area (Å²) in [7, 11) is 3.25. The van der Waals surface area contributed by atoms with Crippen molar-refractivity contribution >= 4 is 15.9 Å². The van der Waals surface area contributed by atoms with E-state index in [0.717, 1.165) is 16.5 Å². The van der Waals surface area contributed by atoms with Crippen LogP contribution in [0.5, 0.6) is 11.5 Å². The van der Waals surface area contributed by atoms with Crippen LogP contribution in [0.4, 0.5) is 0 Å². The lowest BCUT2D eigenvalue weighted by molar-refractivity contribution is 0.352. The standard InChI is InChI=1S/C12H18BrNO2/c1-12(2,14)7-8-5-6-9(15-3)11(16-4)10(8)13/h5-6H,7,14H2,1-4H3. The van der Waals surface area contributed by atoms with Crippen molar-refractivity contribution in [2.45, 2.75) is 25.8 Å². The van der Waals surface area contributed by atoms with Gasteiger partial charge in [-0.1, -0.05) is 6.07 Å². The van der Waals surface area contributed by atoms with E-state index in [1.165, 1.54) is 0 Å². The molecule has 90 valence electrons. The molecule has 0 unspecified atom stereocenters. The van der Waals surface area contributed by atoms with Crippen LogP contribution in [0.1, 0.15) is 19.4 Å². The highest BCUT2D eigenvalue weighted by molar-refractivity contribution is 9.10. The molecule has 0 aliphatic heterocycles. The van der Waals surface area contributed by atoms with Crippen LogP contribution in [0, 0.1) is 0 Å². The lowest BCUT2D eigenvalue weighted by Crippen LogP contribution is -2.34. The highest BCUT2D eigenvalue weighted by Crippen LogP contribution is 2.38. The largest absolute Gasteiger partial charge is 0.493 e. The van der Waals surface area contributed by atoms with Crippen molar-refractivity contribution in [2.24, 2.45) is 5.73 Å². The zero-order chi connectivity index (χ0) is 12.3. The maximum atomic E-state index is 6.01. The van der Waals surface area contributed by atoms with Crippen LogP contribution in [0.3, 0.4) is 0 Å². The second-order valence-corrected chi connectivity index (χ2v) is 5.23. The Morgan fingerprint density at radius 2 is 1.88 bits per heavy atom. The summed E-state index contributed by atoms with van der Waals surface area (Å²) in [6.07, 6.45) is 0.772. The minimum Gasteiger partial charge on any atom is -0.493 e. The average molecular weight is 288 g/mol. The van der Waals surface area contributed by atoms with Crippen molar-refractivity contribution in [1.29, 1.82) is 0 Å². The number of hydrogen-bond acceptors (Lipinski definition) is 3. The predicted molar refractivity (Wildman–Crippen MR) is 69.2 cm³/mol. The molecule has 1 rings (SSSR count).